The average molecular weight is 254 g/mol. The van der Waals surface area contributed by atoms with Crippen molar-refractivity contribution >= 4 is 0 Å². The van der Waals surface area contributed by atoms with E-state index in [1.807, 2.05) is 18.2 Å². The summed E-state index contributed by atoms with van der Waals surface area (Å²) in [5.74, 6) is 2.43. The van der Waals surface area contributed by atoms with Gasteiger partial charge in [0.05, 0.1) is 13.7 Å². The van der Waals surface area contributed by atoms with Gasteiger partial charge in [-0.1, -0.05) is 25.1 Å². The fourth-order valence-electron chi connectivity index (χ4n) is 2.70. The molecule has 2 aromatic carbocycles. The molecule has 1 unspecified atom stereocenters. The van der Waals surface area contributed by atoms with Crippen LogP contribution in [0.5, 0.6) is 11.5 Å². The van der Waals surface area contributed by atoms with Crippen molar-refractivity contribution in [3.63, 3.8) is 0 Å². The lowest BCUT2D eigenvalue weighted by atomic mass is 9.94. The molecule has 1 aliphatic rings. The Kier molecular flexibility index (Phi) is 2.94. The molecule has 0 radical (unpaired) electrons. The molecule has 2 aromatic rings. The number of hydrogen-bond donors (Lipinski definition) is 0. The molecule has 0 bridgehead atoms. The average Bonchev–Trinajstić information content (AvgIpc) is 2.81. The number of para-hydroxylation sites is 1. The third kappa shape index (κ3) is 1.97. The van der Waals surface area contributed by atoms with Gasteiger partial charge in [0.2, 0.25) is 0 Å². The van der Waals surface area contributed by atoms with E-state index in [9.17, 15) is 0 Å². The fraction of sp³-hybridized carbons (Fsp3) is 0.294. The van der Waals surface area contributed by atoms with Crippen LogP contribution in [-0.2, 0) is 0 Å². The zero-order valence-electron chi connectivity index (χ0n) is 11.6. The Morgan fingerprint density at radius 1 is 1.21 bits per heavy atom. The normalized spacial score (nSPS) is 16.9. The first-order valence-electron chi connectivity index (χ1n) is 6.61. The highest BCUT2D eigenvalue weighted by Gasteiger charge is 2.23. The smallest absolute Gasteiger partial charge is 0.126 e. The number of rotatable bonds is 2. The van der Waals surface area contributed by atoms with Gasteiger partial charge >= 0.3 is 0 Å². The van der Waals surface area contributed by atoms with Gasteiger partial charge < -0.3 is 9.47 Å². The van der Waals surface area contributed by atoms with Gasteiger partial charge in [0.25, 0.3) is 0 Å². The van der Waals surface area contributed by atoms with Gasteiger partial charge in [0.1, 0.15) is 11.5 Å². The molecule has 3 rings (SSSR count). The minimum absolute atomic E-state index is 0.461. The Morgan fingerprint density at radius 3 is 2.79 bits per heavy atom. The molecule has 0 saturated heterocycles. The second kappa shape index (κ2) is 4.61. The zero-order valence-corrected chi connectivity index (χ0v) is 11.6. The minimum Gasteiger partial charge on any atom is -0.496 e. The molecule has 0 saturated carbocycles. The van der Waals surface area contributed by atoms with Gasteiger partial charge in [-0.15, -0.1) is 0 Å². The molecule has 1 heterocycles. The Morgan fingerprint density at radius 2 is 2.00 bits per heavy atom. The lowest BCUT2D eigenvalue weighted by molar-refractivity contribution is 0.335. The summed E-state index contributed by atoms with van der Waals surface area (Å²) in [6.07, 6.45) is 0. The summed E-state index contributed by atoms with van der Waals surface area (Å²) in [7, 11) is 1.71. The van der Waals surface area contributed by atoms with E-state index >= 15 is 0 Å². The lowest BCUT2D eigenvalue weighted by Crippen LogP contribution is -1.93. The van der Waals surface area contributed by atoms with Crippen LogP contribution in [0.25, 0.3) is 11.1 Å². The zero-order chi connectivity index (χ0) is 13.4. The SMILES string of the molecule is COc1ccccc1-c1cc(C)c2c(c1)C(C)CO2. The third-order valence-corrected chi connectivity index (χ3v) is 3.73. The first-order valence-corrected chi connectivity index (χ1v) is 6.61. The van der Waals surface area contributed by atoms with E-state index in [4.69, 9.17) is 9.47 Å². The predicted octanol–water partition coefficient (Wildman–Crippen LogP) is 4.17. The largest absolute Gasteiger partial charge is 0.496 e. The van der Waals surface area contributed by atoms with E-state index < -0.39 is 0 Å². The second-order valence-electron chi connectivity index (χ2n) is 5.12. The van der Waals surface area contributed by atoms with Gasteiger partial charge in [-0.3, -0.25) is 0 Å². The first-order chi connectivity index (χ1) is 9.20. The minimum atomic E-state index is 0.461. The van der Waals surface area contributed by atoms with Crippen molar-refractivity contribution in [1.29, 1.82) is 0 Å². The number of benzene rings is 2. The van der Waals surface area contributed by atoms with Crippen LogP contribution in [0.1, 0.15) is 24.0 Å². The van der Waals surface area contributed by atoms with Crippen molar-refractivity contribution < 1.29 is 9.47 Å². The summed E-state index contributed by atoms with van der Waals surface area (Å²) in [4.78, 5) is 0. The van der Waals surface area contributed by atoms with E-state index in [1.54, 1.807) is 7.11 Å². The van der Waals surface area contributed by atoms with Crippen LogP contribution < -0.4 is 9.47 Å². The summed E-state index contributed by atoms with van der Waals surface area (Å²) in [5.41, 5.74) is 4.84. The van der Waals surface area contributed by atoms with Crippen molar-refractivity contribution in [2.24, 2.45) is 0 Å². The maximum Gasteiger partial charge on any atom is 0.126 e. The molecule has 0 amide bonds. The topological polar surface area (TPSA) is 18.5 Å². The van der Waals surface area contributed by atoms with Crippen molar-refractivity contribution in [2.75, 3.05) is 13.7 Å². The summed E-state index contributed by atoms with van der Waals surface area (Å²) < 4.78 is 11.2. The highest BCUT2D eigenvalue weighted by atomic mass is 16.5. The summed E-state index contributed by atoms with van der Waals surface area (Å²) >= 11 is 0. The Balaban J connectivity index is 2.17. The lowest BCUT2D eigenvalue weighted by Gasteiger charge is -2.12. The van der Waals surface area contributed by atoms with Gasteiger partial charge in [-0.05, 0) is 36.2 Å². The van der Waals surface area contributed by atoms with E-state index in [-0.39, 0.29) is 0 Å². The van der Waals surface area contributed by atoms with Gasteiger partial charge in [-0.25, -0.2) is 0 Å². The molecule has 0 aliphatic carbocycles. The third-order valence-electron chi connectivity index (χ3n) is 3.73. The number of aryl methyl sites for hydroxylation is 1. The standard InChI is InChI=1S/C17H18O2/c1-11-8-13(9-15-12(2)10-19-17(11)15)14-6-4-5-7-16(14)18-3/h4-9,12H,10H2,1-3H3. The van der Waals surface area contributed by atoms with Crippen molar-refractivity contribution in [1.82, 2.24) is 0 Å². The van der Waals surface area contributed by atoms with Gasteiger partial charge in [0, 0.05) is 17.0 Å². The van der Waals surface area contributed by atoms with E-state index in [2.05, 4.69) is 32.0 Å². The second-order valence-corrected chi connectivity index (χ2v) is 5.12. The molecule has 19 heavy (non-hydrogen) atoms. The maximum absolute atomic E-state index is 5.76. The van der Waals surface area contributed by atoms with E-state index in [0.29, 0.717) is 5.92 Å². The Bertz CT molecular complexity index is 617. The van der Waals surface area contributed by atoms with Crippen LogP contribution in [0.3, 0.4) is 0 Å². The summed E-state index contributed by atoms with van der Waals surface area (Å²) in [6.45, 7) is 5.10. The molecule has 1 aliphatic heterocycles. The monoisotopic (exact) mass is 254 g/mol. The highest BCUT2D eigenvalue weighted by Crippen LogP contribution is 2.41. The molecule has 2 nitrogen and oxygen atoms in total. The summed E-state index contributed by atoms with van der Waals surface area (Å²) in [5, 5.41) is 0. The van der Waals surface area contributed by atoms with Crippen LogP contribution in [0.15, 0.2) is 36.4 Å². The van der Waals surface area contributed by atoms with Crippen LogP contribution in [0.2, 0.25) is 0 Å². The van der Waals surface area contributed by atoms with Gasteiger partial charge in [-0.2, -0.15) is 0 Å². The number of methoxy groups -OCH3 is 1. The number of fused-ring (bicyclic) bond motifs is 1. The van der Waals surface area contributed by atoms with Crippen LogP contribution in [-0.4, -0.2) is 13.7 Å². The summed E-state index contributed by atoms with van der Waals surface area (Å²) in [6, 6.07) is 12.5. The number of ether oxygens (including phenoxy) is 2. The molecule has 0 N–H and O–H groups in total. The van der Waals surface area contributed by atoms with Crippen LogP contribution >= 0.6 is 0 Å². The molecule has 0 spiro atoms. The molecule has 98 valence electrons. The van der Waals surface area contributed by atoms with Crippen molar-refractivity contribution in [3.05, 3.63) is 47.5 Å². The van der Waals surface area contributed by atoms with Crippen molar-refractivity contribution in [2.45, 2.75) is 19.8 Å². The molecule has 1 atom stereocenters. The van der Waals surface area contributed by atoms with Gasteiger partial charge in [0.15, 0.2) is 0 Å². The molecular weight excluding hydrogens is 236 g/mol. The Labute approximate surface area is 114 Å². The van der Waals surface area contributed by atoms with Crippen LogP contribution in [0.4, 0.5) is 0 Å². The maximum atomic E-state index is 5.76. The Hall–Kier alpha value is -1.96. The van der Waals surface area contributed by atoms with E-state index in [0.717, 1.165) is 23.7 Å². The number of hydrogen-bond acceptors (Lipinski definition) is 2. The molecule has 0 fully saturated rings. The van der Waals surface area contributed by atoms with Crippen molar-refractivity contribution in [3.8, 4) is 22.6 Å². The predicted molar refractivity (Wildman–Crippen MR) is 77.1 cm³/mol. The quantitative estimate of drug-likeness (QED) is 0.801. The first kappa shape index (κ1) is 12.1. The van der Waals surface area contributed by atoms with Crippen LogP contribution in [0, 0.1) is 6.92 Å². The molecule has 0 aromatic heterocycles. The fourth-order valence-corrected chi connectivity index (χ4v) is 2.70. The molecule has 2 heteroatoms. The highest BCUT2D eigenvalue weighted by molar-refractivity contribution is 5.73. The van der Waals surface area contributed by atoms with E-state index in [1.165, 1.54) is 16.7 Å². The molecular formula is C17H18O2.